The van der Waals surface area contributed by atoms with Crippen LogP contribution in [0.15, 0.2) is 71.2 Å². The number of allylic oxidation sites excluding steroid dienone is 11. The van der Waals surface area contributed by atoms with Gasteiger partial charge in [0.2, 0.25) is 0 Å². The summed E-state index contributed by atoms with van der Waals surface area (Å²) >= 11 is 1.78. The summed E-state index contributed by atoms with van der Waals surface area (Å²) in [7, 11) is 0. The second kappa shape index (κ2) is 5.92. The smallest absolute Gasteiger partial charge is 0.0212 e. The molecule has 0 aromatic rings. The zero-order valence-corrected chi connectivity index (χ0v) is 11.2. The van der Waals surface area contributed by atoms with E-state index in [2.05, 4.69) is 73.3 Å². The molecular weight excluding hydrogens is 224 g/mol. The predicted octanol–water partition coefficient (Wildman–Crippen LogP) is 4.66. The molecule has 2 aliphatic carbocycles. The first-order chi connectivity index (χ1) is 8.36. The van der Waals surface area contributed by atoms with Crippen LogP contribution in [0.3, 0.4) is 0 Å². The molecule has 0 unspecified atom stereocenters. The van der Waals surface area contributed by atoms with Gasteiger partial charge >= 0.3 is 0 Å². The van der Waals surface area contributed by atoms with E-state index in [1.165, 1.54) is 11.1 Å². The third kappa shape index (κ3) is 2.73. The first-order valence-electron chi connectivity index (χ1n) is 5.96. The van der Waals surface area contributed by atoms with Crippen molar-refractivity contribution in [2.75, 3.05) is 6.26 Å². The molecule has 0 heterocycles. The van der Waals surface area contributed by atoms with Gasteiger partial charge < -0.3 is 0 Å². The van der Waals surface area contributed by atoms with E-state index < -0.39 is 0 Å². The Morgan fingerprint density at radius 3 is 1.76 bits per heavy atom. The standard InChI is InChI=1S/C16H18S/c1-3-15(13-8-4-5-9-13)16(12-17-2)14-10-6-7-11-14/h3-14H,1-2H3/b15-3-,16-12+. The van der Waals surface area contributed by atoms with Gasteiger partial charge in [-0.1, -0.05) is 54.7 Å². The fourth-order valence-electron chi connectivity index (χ4n) is 2.30. The molecule has 0 aliphatic heterocycles. The Kier molecular flexibility index (Phi) is 4.27. The van der Waals surface area contributed by atoms with E-state index in [0.717, 1.165) is 0 Å². The quantitative estimate of drug-likeness (QED) is 0.646. The first kappa shape index (κ1) is 12.3. The van der Waals surface area contributed by atoms with Crippen molar-refractivity contribution in [3.63, 3.8) is 0 Å². The molecule has 17 heavy (non-hydrogen) atoms. The highest BCUT2D eigenvalue weighted by Gasteiger charge is 2.19. The summed E-state index contributed by atoms with van der Waals surface area (Å²) in [4.78, 5) is 0. The van der Waals surface area contributed by atoms with Gasteiger partial charge in [-0.05, 0) is 29.7 Å². The third-order valence-corrected chi connectivity index (χ3v) is 3.59. The third-order valence-electron chi connectivity index (χ3n) is 3.10. The van der Waals surface area contributed by atoms with E-state index in [4.69, 9.17) is 0 Å². The van der Waals surface area contributed by atoms with Crippen molar-refractivity contribution in [3.05, 3.63) is 71.2 Å². The number of rotatable bonds is 4. The van der Waals surface area contributed by atoms with Crippen LogP contribution < -0.4 is 0 Å². The lowest BCUT2D eigenvalue weighted by Gasteiger charge is -2.19. The highest BCUT2D eigenvalue weighted by atomic mass is 32.2. The lowest BCUT2D eigenvalue weighted by molar-refractivity contribution is 0.903. The SMILES string of the molecule is C/C=C(\C(=C\SC)C1C=CC=C1)C1C=CC=C1. The van der Waals surface area contributed by atoms with Gasteiger partial charge in [0.25, 0.3) is 0 Å². The minimum Gasteiger partial charge on any atom is -0.137 e. The Hall–Kier alpha value is -1.21. The molecule has 0 saturated heterocycles. The van der Waals surface area contributed by atoms with Crippen molar-refractivity contribution in [2.24, 2.45) is 11.8 Å². The summed E-state index contributed by atoms with van der Waals surface area (Å²) in [5, 5.41) is 2.28. The van der Waals surface area contributed by atoms with Gasteiger partial charge in [-0.3, -0.25) is 0 Å². The molecule has 2 aliphatic rings. The number of thioether (sulfide) groups is 1. The summed E-state index contributed by atoms with van der Waals surface area (Å²) in [6.45, 7) is 2.13. The maximum atomic E-state index is 2.28. The predicted molar refractivity (Wildman–Crippen MR) is 78.9 cm³/mol. The van der Waals surface area contributed by atoms with Gasteiger partial charge in [0.15, 0.2) is 0 Å². The monoisotopic (exact) mass is 242 g/mol. The largest absolute Gasteiger partial charge is 0.137 e. The molecule has 0 spiro atoms. The van der Waals surface area contributed by atoms with Crippen LogP contribution in [0, 0.1) is 11.8 Å². The van der Waals surface area contributed by atoms with Crippen molar-refractivity contribution in [3.8, 4) is 0 Å². The lowest BCUT2D eigenvalue weighted by atomic mass is 9.87. The molecule has 0 atom stereocenters. The molecule has 0 aromatic carbocycles. The average molecular weight is 242 g/mol. The van der Waals surface area contributed by atoms with Gasteiger partial charge in [-0.25, -0.2) is 0 Å². The molecule has 0 saturated carbocycles. The van der Waals surface area contributed by atoms with Gasteiger partial charge in [0.1, 0.15) is 0 Å². The van der Waals surface area contributed by atoms with Crippen LogP contribution in [0.25, 0.3) is 0 Å². The van der Waals surface area contributed by atoms with Crippen molar-refractivity contribution >= 4 is 11.8 Å². The second-order valence-corrected chi connectivity index (χ2v) is 4.85. The molecular formula is C16H18S. The van der Waals surface area contributed by atoms with Gasteiger partial charge in [-0.15, -0.1) is 11.8 Å². The molecule has 0 bridgehead atoms. The van der Waals surface area contributed by atoms with Crippen molar-refractivity contribution in [1.29, 1.82) is 0 Å². The van der Waals surface area contributed by atoms with Crippen molar-refractivity contribution < 1.29 is 0 Å². The number of hydrogen-bond donors (Lipinski definition) is 0. The second-order valence-electron chi connectivity index (χ2n) is 4.14. The Morgan fingerprint density at radius 2 is 1.35 bits per heavy atom. The summed E-state index contributed by atoms with van der Waals surface area (Å²) in [5.41, 5.74) is 2.84. The van der Waals surface area contributed by atoms with E-state index in [-0.39, 0.29) is 0 Å². The van der Waals surface area contributed by atoms with Gasteiger partial charge in [0.05, 0.1) is 0 Å². The maximum absolute atomic E-state index is 2.28. The van der Waals surface area contributed by atoms with Crippen LogP contribution in [-0.2, 0) is 0 Å². The molecule has 0 N–H and O–H groups in total. The zero-order valence-electron chi connectivity index (χ0n) is 10.3. The Bertz CT molecular complexity index is 420. The Labute approximate surface area is 108 Å². The minimum absolute atomic E-state index is 0.441. The summed E-state index contributed by atoms with van der Waals surface area (Å²) < 4.78 is 0. The molecule has 88 valence electrons. The van der Waals surface area contributed by atoms with Crippen LogP contribution in [0.5, 0.6) is 0 Å². The Morgan fingerprint density at radius 1 is 0.882 bits per heavy atom. The summed E-state index contributed by atoms with van der Waals surface area (Å²) in [6, 6.07) is 0. The van der Waals surface area contributed by atoms with Gasteiger partial charge in [0, 0.05) is 11.8 Å². The highest BCUT2D eigenvalue weighted by Crippen LogP contribution is 2.34. The van der Waals surface area contributed by atoms with E-state index in [1.54, 1.807) is 11.8 Å². The normalized spacial score (nSPS) is 21.1. The van der Waals surface area contributed by atoms with Crippen LogP contribution >= 0.6 is 11.8 Å². The van der Waals surface area contributed by atoms with Crippen LogP contribution in [0.1, 0.15) is 6.92 Å². The molecule has 0 nitrogen and oxygen atoms in total. The Balaban J connectivity index is 2.28. The van der Waals surface area contributed by atoms with Crippen LogP contribution in [0.4, 0.5) is 0 Å². The van der Waals surface area contributed by atoms with E-state index in [1.807, 2.05) is 0 Å². The summed E-state index contributed by atoms with van der Waals surface area (Å²) in [6.07, 6.45) is 21.9. The van der Waals surface area contributed by atoms with Gasteiger partial charge in [-0.2, -0.15) is 0 Å². The molecule has 0 amide bonds. The molecule has 0 aromatic heterocycles. The molecule has 1 heteroatoms. The highest BCUT2D eigenvalue weighted by molar-refractivity contribution is 8.01. The first-order valence-corrected chi connectivity index (χ1v) is 7.25. The minimum atomic E-state index is 0.441. The van der Waals surface area contributed by atoms with E-state index in [9.17, 15) is 0 Å². The average Bonchev–Trinajstić information content (AvgIpc) is 3.02. The van der Waals surface area contributed by atoms with E-state index in [0.29, 0.717) is 11.8 Å². The maximum Gasteiger partial charge on any atom is 0.0212 e. The fourth-order valence-corrected chi connectivity index (χ4v) is 2.84. The van der Waals surface area contributed by atoms with Crippen LogP contribution in [0.2, 0.25) is 0 Å². The number of hydrogen-bond acceptors (Lipinski definition) is 1. The zero-order chi connectivity index (χ0) is 12.1. The lowest BCUT2D eigenvalue weighted by Crippen LogP contribution is -2.05. The topological polar surface area (TPSA) is 0 Å². The molecule has 0 fully saturated rings. The molecule has 2 rings (SSSR count). The molecule has 0 radical (unpaired) electrons. The van der Waals surface area contributed by atoms with Crippen molar-refractivity contribution in [2.45, 2.75) is 6.92 Å². The summed E-state index contributed by atoms with van der Waals surface area (Å²) in [5.74, 6) is 0.886. The fraction of sp³-hybridized carbons (Fsp3) is 0.250. The van der Waals surface area contributed by atoms with Crippen LogP contribution in [-0.4, -0.2) is 6.26 Å². The van der Waals surface area contributed by atoms with E-state index >= 15 is 0 Å². The van der Waals surface area contributed by atoms with Crippen molar-refractivity contribution in [1.82, 2.24) is 0 Å².